The lowest BCUT2D eigenvalue weighted by Gasteiger charge is -2.01. The summed E-state index contributed by atoms with van der Waals surface area (Å²) < 4.78 is 5.24. The van der Waals surface area contributed by atoms with E-state index in [4.69, 9.17) is 10.2 Å². The van der Waals surface area contributed by atoms with Crippen LogP contribution in [-0.4, -0.2) is 15.1 Å². The summed E-state index contributed by atoms with van der Waals surface area (Å²) >= 11 is 0. The first-order valence-corrected chi connectivity index (χ1v) is 4.90. The van der Waals surface area contributed by atoms with E-state index in [9.17, 15) is 10.1 Å². The average molecular weight is 234 g/mol. The van der Waals surface area contributed by atoms with Crippen molar-refractivity contribution in [2.45, 2.75) is 13.5 Å². The number of benzene rings is 1. The molecule has 0 spiro atoms. The Morgan fingerprint density at radius 3 is 2.82 bits per heavy atom. The number of rotatable bonds is 3. The van der Waals surface area contributed by atoms with Gasteiger partial charge >= 0.3 is 0 Å². The van der Waals surface area contributed by atoms with Crippen molar-refractivity contribution in [2.75, 3.05) is 0 Å². The second kappa shape index (κ2) is 4.30. The third-order valence-corrected chi connectivity index (χ3v) is 2.30. The van der Waals surface area contributed by atoms with Crippen LogP contribution >= 0.6 is 0 Å². The molecule has 0 atom stereocenters. The van der Waals surface area contributed by atoms with Crippen LogP contribution in [-0.2, 0) is 6.54 Å². The summed E-state index contributed by atoms with van der Waals surface area (Å²) in [5.41, 5.74) is 6.33. The Bertz CT molecular complexity index is 564. The Morgan fingerprint density at radius 1 is 1.47 bits per heavy atom. The summed E-state index contributed by atoms with van der Waals surface area (Å²) in [4.78, 5) is 10.4. The van der Waals surface area contributed by atoms with Gasteiger partial charge in [-0.05, 0) is 12.5 Å². The molecule has 2 rings (SSSR count). The van der Waals surface area contributed by atoms with E-state index in [1.807, 2.05) is 0 Å². The van der Waals surface area contributed by atoms with Gasteiger partial charge in [-0.25, -0.2) is 0 Å². The molecule has 0 aliphatic carbocycles. The topological polar surface area (TPSA) is 108 Å². The molecule has 1 aromatic carbocycles. The molecule has 0 saturated heterocycles. The molecule has 0 unspecified atom stereocenters. The second-order valence-corrected chi connectivity index (χ2v) is 3.43. The fourth-order valence-electron chi connectivity index (χ4n) is 1.52. The first-order valence-electron chi connectivity index (χ1n) is 4.90. The van der Waals surface area contributed by atoms with Crippen LogP contribution in [0.5, 0.6) is 0 Å². The molecule has 0 aliphatic heterocycles. The highest BCUT2D eigenvalue weighted by Crippen LogP contribution is 2.31. The van der Waals surface area contributed by atoms with Gasteiger partial charge in [-0.15, -0.1) is 10.2 Å². The molecule has 7 heteroatoms. The third-order valence-electron chi connectivity index (χ3n) is 2.30. The first kappa shape index (κ1) is 11.2. The smallest absolute Gasteiger partial charge is 0.282 e. The van der Waals surface area contributed by atoms with Crippen LogP contribution < -0.4 is 5.73 Å². The predicted octanol–water partition coefficient (Wildman–Crippen LogP) is 1.41. The van der Waals surface area contributed by atoms with Crippen molar-refractivity contribution >= 4 is 5.69 Å². The van der Waals surface area contributed by atoms with E-state index < -0.39 is 4.92 Å². The number of nitrogens with zero attached hydrogens (tertiary/aromatic N) is 3. The van der Waals surface area contributed by atoms with Crippen molar-refractivity contribution in [3.63, 3.8) is 0 Å². The standard InChI is InChI=1S/C10H10N4O3/c1-6-3-2-4-7(14(15)16)9(6)10-13-12-8(5-11)17-10/h2-4H,5,11H2,1H3. The molecule has 17 heavy (non-hydrogen) atoms. The third kappa shape index (κ3) is 2.00. The number of nitrogens with two attached hydrogens (primary N) is 1. The summed E-state index contributed by atoms with van der Waals surface area (Å²) in [6.07, 6.45) is 0. The fraction of sp³-hybridized carbons (Fsp3) is 0.200. The molecule has 0 fully saturated rings. The minimum absolute atomic E-state index is 0.0581. The fourth-order valence-corrected chi connectivity index (χ4v) is 1.52. The molecule has 1 heterocycles. The van der Waals surface area contributed by atoms with Crippen LogP contribution in [0, 0.1) is 17.0 Å². The highest BCUT2D eigenvalue weighted by Gasteiger charge is 2.21. The zero-order valence-electron chi connectivity index (χ0n) is 9.08. The van der Waals surface area contributed by atoms with E-state index in [0.29, 0.717) is 11.1 Å². The van der Waals surface area contributed by atoms with Crippen molar-refractivity contribution < 1.29 is 9.34 Å². The van der Waals surface area contributed by atoms with Crippen LogP contribution in [0.2, 0.25) is 0 Å². The average Bonchev–Trinajstić information content (AvgIpc) is 2.76. The lowest BCUT2D eigenvalue weighted by atomic mass is 10.1. The maximum absolute atomic E-state index is 10.9. The van der Waals surface area contributed by atoms with Gasteiger partial charge in [0.05, 0.1) is 11.5 Å². The second-order valence-electron chi connectivity index (χ2n) is 3.43. The van der Waals surface area contributed by atoms with Crippen molar-refractivity contribution in [3.05, 3.63) is 39.8 Å². The summed E-state index contributed by atoms with van der Waals surface area (Å²) in [5, 5.41) is 18.4. The van der Waals surface area contributed by atoms with Crippen LogP contribution in [0.25, 0.3) is 11.5 Å². The molecule has 1 aromatic heterocycles. The number of hydrogen-bond acceptors (Lipinski definition) is 6. The maximum atomic E-state index is 10.9. The van der Waals surface area contributed by atoms with Crippen molar-refractivity contribution in [1.29, 1.82) is 0 Å². The molecule has 0 amide bonds. The number of hydrogen-bond donors (Lipinski definition) is 1. The van der Waals surface area contributed by atoms with Crippen LogP contribution in [0.15, 0.2) is 22.6 Å². The molecule has 0 saturated carbocycles. The molecule has 0 bridgehead atoms. The summed E-state index contributed by atoms with van der Waals surface area (Å²) in [5.74, 6) is 0.368. The summed E-state index contributed by atoms with van der Waals surface area (Å²) in [7, 11) is 0. The molecule has 0 radical (unpaired) electrons. The van der Waals surface area contributed by atoms with E-state index in [-0.39, 0.29) is 24.0 Å². The molecule has 88 valence electrons. The molecule has 7 nitrogen and oxygen atoms in total. The Balaban J connectivity index is 2.61. The number of nitro benzene ring substituents is 1. The summed E-state index contributed by atoms with van der Waals surface area (Å²) in [6, 6.07) is 4.75. The van der Waals surface area contributed by atoms with E-state index in [1.54, 1.807) is 19.1 Å². The largest absolute Gasteiger partial charge is 0.419 e. The van der Waals surface area contributed by atoms with Gasteiger partial charge in [0.15, 0.2) is 0 Å². The van der Waals surface area contributed by atoms with Gasteiger partial charge in [-0.2, -0.15) is 0 Å². The molecule has 0 aliphatic rings. The van der Waals surface area contributed by atoms with Crippen LogP contribution in [0.4, 0.5) is 5.69 Å². The lowest BCUT2D eigenvalue weighted by Crippen LogP contribution is -1.95. The molecular weight excluding hydrogens is 224 g/mol. The first-order chi connectivity index (χ1) is 8.13. The molecule has 2 N–H and O–H groups in total. The minimum atomic E-state index is -0.478. The SMILES string of the molecule is Cc1cccc([N+](=O)[O-])c1-c1nnc(CN)o1. The van der Waals surface area contributed by atoms with E-state index >= 15 is 0 Å². The van der Waals surface area contributed by atoms with E-state index in [2.05, 4.69) is 10.2 Å². The highest BCUT2D eigenvalue weighted by atomic mass is 16.6. The van der Waals surface area contributed by atoms with Crippen molar-refractivity contribution in [2.24, 2.45) is 5.73 Å². The Morgan fingerprint density at radius 2 is 2.24 bits per heavy atom. The van der Waals surface area contributed by atoms with Gasteiger partial charge in [-0.1, -0.05) is 12.1 Å². The van der Waals surface area contributed by atoms with E-state index in [1.165, 1.54) is 6.07 Å². The predicted molar refractivity (Wildman–Crippen MR) is 59.0 cm³/mol. The number of aromatic nitrogens is 2. The van der Waals surface area contributed by atoms with Gasteiger partial charge in [0, 0.05) is 6.07 Å². The van der Waals surface area contributed by atoms with Gasteiger partial charge in [0.2, 0.25) is 5.89 Å². The minimum Gasteiger partial charge on any atom is -0.419 e. The number of aryl methyl sites for hydroxylation is 1. The zero-order valence-corrected chi connectivity index (χ0v) is 9.08. The lowest BCUT2D eigenvalue weighted by molar-refractivity contribution is -0.384. The molecule has 2 aromatic rings. The van der Waals surface area contributed by atoms with Gasteiger partial charge in [0.1, 0.15) is 5.56 Å². The zero-order chi connectivity index (χ0) is 12.4. The van der Waals surface area contributed by atoms with Gasteiger partial charge in [0.25, 0.3) is 11.6 Å². The summed E-state index contributed by atoms with van der Waals surface area (Å²) in [6.45, 7) is 1.85. The van der Waals surface area contributed by atoms with Crippen molar-refractivity contribution in [3.8, 4) is 11.5 Å². The van der Waals surface area contributed by atoms with Gasteiger partial charge in [-0.3, -0.25) is 10.1 Å². The Labute approximate surface area is 96.4 Å². The maximum Gasteiger partial charge on any atom is 0.282 e. The quantitative estimate of drug-likeness (QED) is 0.635. The van der Waals surface area contributed by atoms with Gasteiger partial charge < -0.3 is 10.2 Å². The van der Waals surface area contributed by atoms with E-state index in [0.717, 1.165) is 0 Å². The van der Waals surface area contributed by atoms with Crippen molar-refractivity contribution in [1.82, 2.24) is 10.2 Å². The normalized spacial score (nSPS) is 10.5. The highest BCUT2D eigenvalue weighted by molar-refractivity contribution is 5.70. The van der Waals surface area contributed by atoms with Crippen LogP contribution in [0.1, 0.15) is 11.5 Å². The Kier molecular flexibility index (Phi) is 2.84. The monoisotopic (exact) mass is 234 g/mol. The van der Waals surface area contributed by atoms with Crippen LogP contribution in [0.3, 0.4) is 0 Å². The Hall–Kier alpha value is -2.28. The molecular formula is C10H10N4O3. The number of nitro groups is 1.